The van der Waals surface area contributed by atoms with Gasteiger partial charge in [0.05, 0.1) is 5.02 Å². The first kappa shape index (κ1) is 13.7. The number of ether oxygens (including phenoxy) is 1. The monoisotopic (exact) mass is 267 g/mol. The average molecular weight is 268 g/mol. The molecule has 0 bridgehead atoms. The fraction of sp³-hybridized carbons (Fsp3) is 0.600. The summed E-state index contributed by atoms with van der Waals surface area (Å²) in [6.07, 6.45) is 3.59. The number of nitrogens with one attached hydrogen (secondary N) is 1. The second-order valence-electron chi connectivity index (χ2n) is 5.05. The molecule has 0 heterocycles. The van der Waals surface area contributed by atoms with Gasteiger partial charge in [0.15, 0.2) is 0 Å². The molecule has 2 atom stereocenters. The summed E-state index contributed by atoms with van der Waals surface area (Å²) in [7, 11) is 2.04. The van der Waals surface area contributed by atoms with Crippen LogP contribution in [0.1, 0.15) is 33.1 Å². The highest BCUT2D eigenvalue weighted by molar-refractivity contribution is 6.32. The van der Waals surface area contributed by atoms with E-state index in [-0.39, 0.29) is 11.5 Å². The number of halogens is 1. The number of hydrogen-bond acceptors (Lipinski definition) is 2. The van der Waals surface area contributed by atoms with E-state index in [0.717, 1.165) is 25.0 Å². The van der Waals surface area contributed by atoms with Gasteiger partial charge in [-0.1, -0.05) is 37.6 Å². The summed E-state index contributed by atoms with van der Waals surface area (Å²) in [6, 6.07) is 8.28. The Hall–Kier alpha value is -0.730. The van der Waals surface area contributed by atoms with Crippen LogP contribution in [-0.2, 0) is 0 Å². The highest BCUT2D eigenvalue weighted by Gasteiger charge is 2.53. The van der Waals surface area contributed by atoms with E-state index >= 15 is 0 Å². The van der Waals surface area contributed by atoms with Crippen LogP contribution >= 0.6 is 11.6 Å². The van der Waals surface area contributed by atoms with Crippen LogP contribution in [0.2, 0.25) is 5.02 Å². The Morgan fingerprint density at radius 3 is 2.56 bits per heavy atom. The fourth-order valence-corrected chi connectivity index (χ4v) is 3.39. The molecule has 1 aromatic rings. The number of rotatable bonds is 5. The van der Waals surface area contributed by atoms with E-state index in [1.807, 2.05) is 31.3 Å². The largest absolute Gasteiger partial charge is 0.488 e. The van der Waals surface area contributed by atoms with Crippen LogP contribution < -0.4 is 10.1 Å². The maximum Gasteiger partial charge on any atom is 0.138 e. The van der Waals surface area contributed by atoms with Gasteiger partial charge >= 0.3 is 0 Å². The summed E-state index contributed by atoms with van der Waals surface area (Å²) in [6.45, 7) is 4.49. The van der Waals surface area contributed by atoms with Crippen molar-refractivity contribution in [2.24, 2.45) is 5.41 Å². The third-order valence-corrected chi connectivity index (χ3v) is 4.87. The lowest BCUT2D eigenvalue weighted by atomic mass is 9.58. The lowest BCUT2D eigenvalue weighted by Crippen LogP contribution is -2.63. The van der Waals surface area contributed by atoms with Crippen LogP contribution in [0.4, 0.5) is 0 Å². The van der Waals surface area contributed by atoms with Crippen LogP contribution in [0, 0.1) is 5.41 Å². The predicted octanol–water partition coefficient (Wildman–Crippen LogP) is 3.89. The molecule has 0 amide bonds. The molecule has 1 N–H and O–H groups in total. The number of benzene rings is 1. The van der Waals surface area contributed by atoms with E-state index in [2.05, 4.69) is 19.2 Å². The molecular formula is C15H22ClNO. The molecule has 3 heteroatoms. The van der Waals surface area contributed by atoms with E-state index < -0.39 is 0 Å². The predicted molar refractivity (Wildman–Crippen MR) is 76.3 cm³/mol. The molecule has 0 aromatic heterocycles. The summed E-state index contributed by atoms with van der Waals surface area (Å²) < 4.78 is 6.14. The highest BCUT2D eigenvalue weighted by Crippen LogP contribution is 2.49. The third kappa shape index (κ3) is 2.12. The maximum atomic E-state index is 6.16. The first-order valence-corrected chi connectivity index (χ1v) is 7.14. The molecule has 1 aromatic carbocycles. The smallest absolute Gasteiger partial charge is 0.138 e. The van der Waals surface area contributed by atoms with Crippen LogP contribution in [0.15, 0.2) is 24.3 Å². The molecule has 2 rings (SSSR count). The summed E-state index contributed by atoms with van der Waals surface area (Å²) in [5.41, 5.74) is 0.244. The molecule has 2 nitrogen and oxygen atoms in total. The van der Waals surface area contributed by atoms with Crippen molar-refractivity contribution in [3.05, 3.63) is 29.3 Å². The zero-order chi connectivity index (χ0) is 13.2. The van der Waals surface area contributed by atoms with Crippen molar-refractivity contribution in [2.45, 2.75) is 45.3 Å². The van der Waals surface area contributed by atoms with Crippen LogP contribution in [0.3, 0.4) is 0 Å². The van der Waals surface area contributed by atoms with Crippen molar-refractivity contribution in [3.63, 3.8) is 0 Å². The highest BCUT2D eigenvalue weighted by atomic mass is 35.5. The van der Waals surface area contributed by atoms with Crippen molar-refractivity contribution in [1.29, 1.82) is 0 Å². The molecule has 1 aliphatic rings. The van der Waals surface area contributed by atoms with Gasteiger partial charge in [0.2, 0.25) is 0 Å². The summed E-state index contributed by atoms with van der Waals surface area (Å²) in [5.74, 6) is 0.810. The Bertz CT molecular complexity index is 403. The molecule has 18 heavy (non-hydrogen) atoms. The second kappa shape index (κ2) is 5.50. The Morgan fingerprint density at radius 2 is 2.00 bits per heavy atom. The molecular weight excluding hydrogens is 246 g/mol. The van der Waals surface area contributed by atoms with Crippen LogP contribution in [-0.4, -0.2) is 19.2 Å². The van der Waals surface area contributed by atoms with Gasteiger partial charge in [0.1, 0.15) is 11.9 Å². The van der Waals surface area contributed by atoms with E-state index in [1.54, 1.807) is 0 Å². The molecule has 1 saturated carbocycles. The summed E-state index contributed by atoms with van der Waals surface area (Å²) in [5, 5.41) is 4.11. The minimum Gasteiger partial charge on any atom is -0.488 e. The Kier molecular flexibility index (Phi) is 4.18. The summed E-state index contributed by atoms with van der Waals surface area (Å²) >= 11 is 6.16. The fourth-order valence-electron chi connectivity index (χ4n) is 3.21. The van der Waals surface area contributed by atoms with Gasteiger partial charge in [-0.05, 0) is 32.0 Å². The quantitative estimate of drug-likeness (QED) is 0.874. The van der Waals surface area contributed by atoms with Gasteiger partial charge in [0.25, 0.3) is 0 Å². The Labute approximate surface area is 115 Å². The van der Waals surface area contributed by atoms with Crippen molar-refractivity contribution < 1.29 is 4.74 Å². The topological polar surface area (TPSA) is 21.3 Å². The molecule has 0 saturated heterocycles. The van der Waals surface area contributed by atoms with E-state index in [9.17, 15) is 0 Å². The lowest BCUT2D eigenvalue weighted by Gasteiger charge is -2.55. The first-order chi connectivity index (χ1) is 8.67. The molecule has 2 unspecified atom stereocenters. The van der Waals surface area contributed by atoms with Gasteiger partial charge in [-0.3, -0.25) is 0 Å². The van der Waals surface area contributed by atoms with Crippen molar-refractivity contribution in [2.75, 3.05) is 7.05 Å². The van der Waals surface area contributed by atoms with Crippen molar-refractivity contribution in [1.82, 2.24) is 5.32 Å². The van der Waals surface area contributed by atoms with Gasteiger partial charge in [0, 0.05) is 17.9 Å². The van der Waals surface area contributed by atoms with E-state index in [0.29, 0.717) is 11.1 Å². The minimum absolute atomic E-state index is 0.244. The maximum absolute atomic E-state index is 6.16. The first-order valence-electron chi connectivity index (χ1n) is 6.76. The normalized spacial score (nSPS) is 25.6. The van der Waals surface area contributed by atoms with Crippen LogP contribution in [0.5, 0.6) is 5.75 Å². The molecule has 1 aliphatic carbocycles. The number of hydrogen-bond donors (Lipinski definition) is 1. The molecule has 0 radical (unpaired) electrons. The van der Waals surface area contributed by atoms with Crippen molar-refractivity contribution in [3.8, 4) is 5.75 Å². The number of para-hydroxylation sites is 1. The Morgan fingerprint density at radius 1 is 1.33 bits per heavy atom. The van der Waals surface area contributed by atoms with E-state index in [1.165, 1.54) is 0 Å². The summed E-state index contributed by atoms with van der Waals surface area (Å²) in [4.78, 5) is 0. The lowest BCUT2D eigenvalue weighted by molar-refractivity contribution is -0.0835. The van der Waals surface area contributed by atoms with Crippen molar-refractivity contribution >= 4 is 11.6 Å². The standard InChI is InChI=1S/C15H22ClNO/c1-4-15(5-2)13(17-3)10-14(15)18-12-9-7-6-8-11(12)16/h6-9,13-14,17H,4-5,10H2,1-3H3. The van der Waals surface area contributed by atoms with Gasteiger partial charge < -0.3 is 10.1 Å². The third-order valence-electron chi connectivity index (χ3n) is 4.56. The zero-order valence-electron chi connectivity index (χ0n) is 11.4. The zero-order valence-corrected chi connectivity index (χ0v) is 12.1. The van der Waals surface area contributed by atoms with Gasteiger partial charge in [-0.25, -0.2) is 0 Å². The molecule has 0 spiro atoms. The van der Waals surface area contributed by atoms with Gasteiger partial charge in [-0.15, -0.1) is 0 Å². The van der Waals surface area contributed by atoms with Gasteiger partial charge in [-0.2, -0.15) is 0 Å². The van der Waals surface area contributed by atoms with Crippen LogP contribution in [0.25, 0.3) is 0 Å². The Balaban J connectivity index is 2.13. The average Bonchev–Trinajstić information content (AvgIpc) is 2.37. The molecule has 1 fully saturated rings. The van der Waals surface area contributed by atoms with E-state index in [4.69, 9.17) is 16.3 Å². The minimum atomic E-state index is 0.244. The molecule has 100 valence electrons. The second-order valence-corrected chi connectivity index (χ2v) is 5.46. The molecule has 0 aliphatic heterocycles. The SMILES string of the molecule is CCC1(CC)C(NC)CC1Oc1ccccc1Cl.